The monoisotopic (exact) mass is 397 g/mol. The quantitative estimate of drug-likeness (QED) is 0.679. The maximum Gasteiger partial charge on any atom is 0.269 e. The molecule has 0 fully saturated rings. The molecule has 4 heterocycles. The van der Waals surface area contributed by atoms with Crippen molar-refractivity contribution in [1.29, 1.82) is 0 Å². The Morgan fingerprint density at radius 1 is 1.41 bits per heavy atom. The number of nitrogens with zero attached hydrogens (tertiary/aromatic N) is 5. The fraction of sp³-hybridized carbons (Fsp3) is 0.500. The minimum absolute atomic E-state index is 0.0899. The Morgan fingerprint density at radius 3 is 2.86 bits per heavy atom. The molecule has 1 atom stereocenters. The summed E-state index contributed by atoms with van der Waals surface area (Å²) in [6, 6.07) is 1.86. The zero-order valence-electron chi connectivity index (χ0n) is 17.5. The molecule has 9 heteroatoms. The van der Waals surface area contributed by atoms with Gasteiger partial charge in [-0.15, -0.1) is 0 Å². The van der Waals surface area contributed by atoms with Crippen LogP contribution in [0, 0.1) is 5.92 Å². The minimum Gasteiger partial charge on any atom is -0.354 e. The first kappa shape index (κ1) is 19.4. The number of amides is 1. The Labute approximate surface area is 168 Å². The van der Waals surface area contributed by atoms with E-state index in [-0.39, 0.29) is 17.5 Å². The van der Waals surface area contributed by atoms with Crippen molar-refractivity contribution in [1.82, 2.24) is 34.6 Å². The Hall–Kier alpha value is -2.94. The van der Waals surface area contributed by atoms with Crippen molar-refractivity contribution < 1.29 is 4.79 Å². The summed E-state index contributed by atoms with van der Waals surface area (Å²) in [7, 11) is 3.27. The van der Waals surface area contributed by atoms with Crippen LogP contribution >= 0.6 is 0 Å². The van der Waals surface area contributed by atoms with Crippen molar-refractivity contribution in [2.24, 2.45) is 13.0 Å². The molecule has 0 aliphatic carbocycles. The van der Waals surface area contributed by atoms with Crippen LogP contribution in [0.5, 0.6) is 0 Å². The van der Waals surface area contributed by atoms with Gasteiger partial charge in [0.05, 0.1) is 11.9 Å². The second kappa shape index (κ2) is 7.14. The SMILES string of the molecule is CNC(=O)c1cc(-n2c(=O)c3c(n4ncc(CC(C)C)c24)CNC(C)C3)nn1C. The summed E-state index contributed by atoms with van der Waals surface area (Å²) >= 11 is 0. The molecule has 1 aliphatic heterocycles. The van der Waals surface area contributed by atoms with Gasteiger partial charge in [-0.05, 0) is 25.7 Å². The molecule has 0 bridgehead atoms. The lowest BCUT2D eigenvalue weighted by Crippen LogP contribution is -2.40. The van der Waals surface area contributed by atoms with Crippen LogP contribution in [0.1, 0.15) is 48.1 Å². The largest absolute Gasteiger partial charge is 0.354 e. The molecule has 1 aliphatic rings. The molecule has 1 unspecified atom stereocenters. The summed E-state index contributed by atoms with van der Waals surface area (Å²) in [5.41, 5.74) is 3.66. The Morgan fingerprint density at radius 2 is 2.17 bits per heavy atom. The van der Waals surface area contributed by atoms with E-state index in [1.165, 1.54) is 4.68 Å². The highest BCUT2D eigenvalue weighted by Crippen LogP contribution is 2.23. The number of aromatic nitrogens is 5. The van der Waals surface area contributed by atoms with E-state index in [9.17, 15) is 9.59 Å². The number of rotatable bonds is 4. The van der Waals surface area contributed by atoms with E-state index in [4.69, 9.17) is 0 Å². The number of nitrogens with one attached hydrogen (secondary N) is 2. The molecule has 1 amide bonds. The van der Waals surface area contributed by atoms with Gasteiger partial charge in [0.25, 0.3) is 11.5 Å². The highest BCUT2D eigenvalue weighted by atomic mass is 16.2. The lowest BCUT2D eigenvalue weighted by molar-refractivity contribution is 0.0954. The van der Waals surface area contributed by atoms with E-state index < -0.39 is 0 Å². The topological polar surface area (TPSA) is 98.2 Å². The normalized spacial score (nSPS) is 16.4. The van der Waals surface area contributed by atoms with Crippen LogP contribution in [-0.2, 0) is 26.4 Å². The minimum atomic E-state index is -0.248. The molecule has 0 aromatic carbocycles. The molecule has 9 nitrogen and oxygen atoms in total. The van der Waals surface area contributed by atoms with Crippen LogP contribution in [0.3, 0.4) is 0 Å². The molecular formula is C20H27N7O2. The molecule has 0 radical (unpaired) electrons. The zero-order valence-corrected chi connectivity index (χ0v) is 17.5. The van der Waals surface area contributed by atoms with Crippen molar-refractivity contribution >= 4 is 11.6 Å². The molecular weight excluding hydrogens is 370 g/mol. The van der Waals surface area contributed by atoms with Gasteiger partial charge in [-0.2, -0.15) is 10.2 Å². The number of carbonyl (C=O) groups is 1. The summed E-state index contributed by atoms with van der Waals surface area (Å²) in [6.45, 7) is 6.93. The molecule has 154 valence electrons. The molecule has 29 heavy (non-hydrogen) atoms. The molecule has 4 rings (SSSR count). The van der Waals surface area contributed by atoms with Gasteiger partial charge in [0.1, 0.15) is 11.3 Å². The van der Waals surface area contributed by atoms with E-state index >= 15 is 0 Å². The Kier molecular flexibility index (Phi) is 4.77. The van der Waals surface area contributed by atoms with Gasteiger partial charge in [0, 0.05) is 43.9 Å². The first-order chi connectivity index (χ1) is 13.8. The van der Waals surface area contributed by atoms with E-state index in [2.05, 4.69) is 41.6 Å². The zero-order chi connectivity index (χ0) is 20.9. The van der Waals surface area contributed by atoms with Crippen LogP contribution in [0.15, 0.2) is 17.1 Å². The van der Waals surface area contributed by atoms with Crippen LogP contribution in [-0.4, -0.2) is 43.0 Å². The van der Waals surface area contributed by atoms with E-state index in [1.807, 2.05) is 10.7 Å². The van der Waals surface area contributed by atoms with Crippen LogP contribution in [0.2, 0.25) is 0 Å². The summed E-state index contributed by atoms with van der Waals surface area (Å²) < 4.78 is 4.98. The number of hydrogen-bond acceptors (Lipinski definition) is 5. The van der Waals surface area contributed by atoms with Crippen molar-refractivity contribution in [3.63, 3.8) is 0 Å². The maximum atomic E-state index is 13.6. The number of aryl methyl sites for hydroxylation is 1. The van der Waals surface area contributed by atoms with Crippen molar-refractivity contribution in [3.8, 4) is 5.82 Å². The summed E-state index contributed by atoms with van der Waals surface area (Å²) in [5, 5.41) is 15.1. The Balaban J connectivity index is 2.04. The molecule has 0 spiro atoms. The second-order valence-electron chi connectivity index (χ2n) is 8.15. The van der Waals surface area contributed by atoms with Gasteiger partial charge in [-0.1, -0.05) is 13.8 Å². The first-order valence-electron chi connectivity index (χ1n) is 9.95. The van der Waals surface area contributed by atoms with Gasteiger partial charge in [-0.3, -0.25) is 14.3 Å². The fourth-order valence-corrected chi connectivity index (χ4v) is 4.03. The molecule has 0 saturated carbocycles. The van der Waals surface area contributed by atoms with Crippen LogP contribution in [0.25, 0.3) is 11.5 Å². The van der Waals surface area contributed by atoms with E-state index in [0.29, 0.717) is 30.4 Å². The third-order valence-corrected chi connectivity index (χ3v) is 5.41. The van der Waals surface area contributed by atoms with Crippen LogP contribution in [0.4, 0.5) is 0 Å². The highest BCUT2D eigenvalue weighted by Gasteiger charge is 2.27. The summed E-state index contributed by atoms with van der Waals surface area (Å²) in [5.74, 6) is 0.591. The van der Waals surface area contributed by atoms with Gasteiger partial charge < -0.3 is 10.6 Å². The Bertz CT molecular complexity index is 1150. The highest BCUT2D eigenvalue weighted by molar-refractivity contribution is 5.92. The third-order valence-electron chi connectivity index (χ3n) is 5.41. The first-order valence-corrected chi connectivity index (χ1v) is 9.95. The average Bonchev–Trinajstić information content (AvgIpc) is 3.25. The molecule has 2 N–H and O–H groups in total. The van der Waals surface area contributed by atoms with E-state index in [1.54, 1.807) is 24.7 Å². The lowest BCUT2D eigenvalue weighted by atomic mass is 10.0. The van der Waals surface area contributed by atoms with E-state index in [0.717, 1.165) is 28.9 Å². The molecule has 0 saturated heterocycles. The second-order valence-corrected chi connectivity index (χ2v) is 8.15. The number of carbonyl (C=O) groups excluding carboxylic acids is 1. The fourth-order valence-electron chi connectivity index (χ4n) is 4.03. The predicted molar refractivity (Wildman–Crippen MR) is 109 cm³/mol. The van der Waals surface area contributed by atoms with Gasteiger partial charge in [0.2, 0.25) is 0 Å². The van der Waals surface area contributed by atoms with Gasteiger partial charge in [-0.25, -0.2) is 9.08 Å². The van der Waals surface area contributed by atoms with Crippen LogP contribution < -0.4 is 16.2 Å². The lowest BCUT2D eigenvalue weighted by Gasteiger charge is -2.24. The average molecular weight is 397 g/mol. The smallest absolute Gasteiger partial charge is 0.269 e. The van der Waals surface area contributed by atoms with Crippen molar-refractivity contribution in [2.75, 3.05) is 7.05 Å². The number of fused-ring (bicyclic) bond motifs is 3. The predicted octanol–water partition coefficient (Wildman–Crippen LogP) is 0.811. The standard InChI is InChI=1S/C20H27N7O2/c1-11(2)6-13-9-23-27-16-10-22-12(3)7-14(16)20(29)26(19(13)27)17-8-15(18(28)21-4)25(5)24-17/h8-9,11-12,22H,6-7,10H2,1-5H3,(H,21,28). The summed E-state index contributed by atoms with van der Waals surface area (Å²) in [6.07, 6.45) is 3.26. The maximum absolute atomic E-state index is 13.6. The van der Waals surface area contributed by atoms with Crippen molar-refractivity contribution in [2.45, 2.75) is 46.2 Å². The number of hydrogen-bond donors (Lipinski definition) is 2. The summed E-state index contributed by atoms with van der Waals surface area (Å²) in [4.78, 5) is 25.8. The van der Waals surface area contributed by atoms with Gasteiger partial charge in [0.15, 0.2) is 5.82 Å². The van der Waals surface area contributed by atoms with Gasteiger partial charge >= 0.3 is 0 Å². The third kappa shape index (κ3) is 3.15. The molecule has 3 aromatic heterocycles. The molecule has 3 aromatic rings. The van der Waals surface area contributed by atoms with Crippen molar-refractivity contribution in [3.05, 3.63) is 45.1 Å².